The minimum Gasteiger partial charge on any atom is -0.496 e. The molecule has 2 aromatic carbocycles. The Morgan fingerprint density at radius 2 is 1.28 bits per heavy atom. The van der Waals surface area contributed by atoms with Crippen molar-refractivity contribution in [3.63, 3.8) is 0 Å². The smallest absolute Gasteiger partial charge is 0.204 e. The van der Waals surface area contributed by atoms with E-state index in [0.717, 1.165) is 28.7 Å². The zero-order valence-electron chi connectivity index (χ0n) is 30.1. The van der Waals surface area contributed by atoms with E-state index in [9.17, 15) is 4.79 Å². The Hall–Kier alpha value is -2.29. The van der Waals surface area contributed by atoms with E-state index in [-0.39, 0.29) is 5.78 Å². The highest BCUT2D eigenvalue weighted by Crippen LogP contribution is 2.44. The average Bonchev–Trinajstić information content (AvgIpc) is 3.03. The van der Waals surface area contributed by atoms with Gasteiger partial charge >= 0.3 is 0 Å². The van der Waals surface area contributed by atoms with Crippen LogP contribution in [-0.4, -0.2) is 71.0 Å². The van der Waals surface area contributed by atoms with Gasteiger partial charge in [-0.05, 0) is 70.0 Å². The Kier molecular flexibility index (Phi) is 18.7. The van der Waals surface area contributed by atoms with Crippen molar-refractivity contribution < 1.29 is 28.5 Å². The molecular formula is C38H60BrNO6. The van der Waals surface area contributed by atoms with Gasteiger partial charge in [0.1, 0.15) is 5.75 Å². The van der Waals surface area contributed by atoms with Crippen LogP contribution in [0, 0.1) is 13.8 Å². The summed E-state index contributed by atoms with van der Waals surface area (Å²) >= 11 is 3.47. The van der Waals surface area contributed by atoms with Gasteiger partial charge in [-0.3, -0.25) is 9.69 Å². The van der Waals surface area contributed by atoms with Crippen LogP contribution in [0.5, 0.6) is 23.0 Å². The van der Waals surface area contributed by atoms with E-state index >= 15 is 0 Å². The second-order valence-corrected chi connectivity index (χ2v) is 13.3. The molecule has 0 N–H and O–H groups in total. The lowest BCUT2D eigenvalue weighted by Gasteiger charge is -2.35. The first-order valence-electron chi connectivity index (χ1n) is 17.2. The number of ketones is 1. The number of carbonyl (C=O) groups excluding carboxylic acids is 1. The summed E-state index contributed by atoms with van der Waals surface area (Å²) in [6, 6.07) is 5.37. The molecule has 46 heavy (non-hydrogen) atoms. The minimum absolute atomic E-state index is 0.203. The van der Waals surface area contributed by atoms with Crippen LogP contribution in [0.3, 0.4) is 0 Å². The molecule has 0 aromatic heterocycles. The standard InChI is InChI=1S/C19H21BrO5.C19H39NO/c1-10-9-14(23-4)18(24-5)19(25-6)15(10)17(21)16-11(2)12(20)7-8-13(16)22-3;1-4-5-6-7-8-9-10-11-12-13-14-15-20-16-18(2)21-19(3)17-20/h7-9H,1-6H3;18-19H,4-17H2,1-3H3. The van der Waals surface area contributed by atoms with Crippen molar-refractivity contribution in [2.24, 2.45) is 0 Å². The largest absolute Gasteiger partial charge is 0.496 e. The highest BCUT2D eigenvalue weighted by molar-refractivity contribution is 9.10. The van der Waals surface area contributed by atoms with Gasteiger partial charge in [0.2, 0.25) is 11.5 Å². The summed E-state index contributed by atoms with van der Waals surface area (Å²) < 4.78 is 28.3. The number of unbranched alkanes of at least 4 members (excludes halogenated alkanes) is 10. The van der Waals surface area contributed by atoms with Gasteiger partial charge in [-0.15, -0.1) is 0 Å². The van der Waals surface area contributed by atoms with Crippen LogP contribution < -0.4 is 18.9 Å². The van der Waals surface area contributed by atoms with Gasteiger partial charge in [-0.25, -0.2) is 0 Å². The van der Waals surface area contributed by atoms with E-state index in [1.165, 1.54) is 98.5 Å². The number of benzene rings is 2. The fourth-order valence-corrected chi connectivity index (χ4v) is 6.60. The number of aryl methyl sites for hydroxylation is 1. The molecule has 2 aromatic rings. The van der Waals surface area contributed by atoms with Crippen LogP contribution in [-0.2, 0) is 4.74 Å². The third-order valence-electron chi connectivity index (χ3n) is 8.64. The summed E-state index contributed by atoms with van der Waals surface area (Å²) in [4.78, 5) is 16.0. The summed E-state index contributed by atoms with van der Waals surface area (Å²) in [5.41, 5.74) is 2.41. The van der Waals surface area contributed by atoms with Crippen molar-refractivity contribution in [1.29, 1.82) is 0 Å². The number of carbonyl (C=O) groups is 1. The SMILES string of the molecule is CCCCCCCCCCCCCN1CC(C)OC(C)C1.COc1cc(C)c(C(=O)c2c(OC)ccc(Br)c2C)c(OC)c1OC. The van der Waals surface area contributed by atoms with Crippen LogP contribution in [0.15, 0.2) is 22.7 Å². The lowest BCUT2D eigenvalue weighted by atomic mass is 9.93. The molecule has 1 saturated heterocycles. The van der Waals surface area contributed by atoms with E-state index in [4.69, 9.17) is 23.7 Å². The normalized spacial score (nSPS) is 16.4. The highest BCUT2D eigenvalue weighted by Gasteiger charge is 2.28. The van der Waals surface area contributed by atoms with Crippen molar-refractivity contribution >= 4 is 21.7 Å². The molecule has 7 nitrogen and oxygen atoms in total. The topological polar surface area (TPSA) is 66.5 Å². The molecule has 1 aliphatic heterocycles. The number of hydrogen-bond donors (Lipinski definition) is 0. The fraction of sp³-hybridized carbons (Fsp3) is 0.658. The molecule has 2 unspecified atom stereocenters. The molecule has 0 saturated carbocycles. The molecule has 1 aliphatic rings. The van der Waals surface area contributed by atoms with Crippen LogP contribution in [0.4, 0.5) is 0 Å². The summed E-state index contributed by atoms with van der Waals surface area (Å²) in [6.07, 6.45) is 16.6. The number of ether oxygens (including phenoxy) is 5. The lowest BCUT2D eigenvalue weighted by molar-refractivity contribution is -0.0681. The van der Waals surface area contributed by atoms with Gasteiger partial charge in [0.05, 0.1) is 51.8 Å². The zero-order valence-corrected chi connectivity index (χ0v) is 31.6. The number of nitrogens with zero attached hydrogens (tertiary/aromatic N) is 1. The summed E-state index contributed by atoms with van der Waals surface area (Å²) in [5.74, 6) is 1.52. The fourth-order valence-electron chi connectivity index (χ4n) is 6.27. The first-order chi connectivity index (χ1) is 22.1. The highest BCUT2D eigenvalue weighted by atomic mass is 79.9. The van der Waals surface area contributed by atoms with E-state index in [1.54, 1.807) is 19.2 Å². The summed E-state index contributed by atoms with van der Waals surface area (Å²) in [7, 11) is 6.09. The molecule has 260 valence electrons. The Bertz CT molecular complexity index is 1190. The van der Waals surface area contributed by atoms with Crippen molar-refractivity contribution in [3.8, 4) is 23.0 Å². The molecule has 0 spiro atoms. The molecule has 0 amide bonds. The first kappa shape index (κ1) is 39.9. The van der Waals surface area contributed by atoms with Crippen molar-refractivity contribution in [2.45, 2.75) is 117 Å². The maximum Gasteiger partial charge on any atom is 0.204 e. The van der Waals surface area contributed by atoms with Crippen LogP contribution >= 0.6 is 15.9 Å². The molecule has 0 aliphatic carbocycles. The van der Waals surface area contributed by atoms with E-state index in [1.807, 2.05) is 19.9 Å². The van der Waals surface area contributed by atoms with Crippen molar-refractivity contribution in [1.82, 2.24) is 4.90 Å². The minimum atomic E-state index is -0.203. The molecule has 2 atom stereocenters. The van der Waals surface area contributed by atoms with E-state index < -0.39 is 0 Å². The number of methoxy groups -OCH3 is 4. The van der Waals surface area contributed by atoms with Gasteiger partial charge in [0, 0.05) is 17.6 Å². The molecule has 1 heterocycles. The Morgan fingerprint density at radius 3 is 1.78 bits per heavy atom. The predicted octanol–water partition coefficient (Wildman–Crippen LogP) is 9.74. The van der Waals surface area contributed by atoms with Crippen LogP contribution in [0.2, 0.25) is 0 Å². The molecule has 1 fully saturated rings. The average molecular weight is 707 g/mol. The number of morpholine rings is 1. The number of rotatable bonds is 18. The van der Waals surface area contributed by atoms with Crippen LogP contribution in [0.1, 0.15) is 118 Å². The Labute approximate surface area is 287 Å². The van der Waals surface area contributed by atoms with Crippen LogP contribution in [0.25, 0.3) is 0 Å². The molecule has 3 rings (SSSR count). The van der Waals surface area contributed by atoms with Gasteiger partial charge in [-0.1, -0.05) is 87.1 Å². The maximum atomic E-state index is 13.4. The molecule has 0 radical (unpaired) electrons. The van der Waals surface area contributed by atoms with Crippen molar-refractivity contribution in [3.05, 3.63) is 44.9 Å². The quantitative estimate of drug-likeness (QED) is 0.113. The Morgan fingerprint density at radius 1 is 0.761 bits per heavy atom. The van der Waals surface area contributed by atoms with Gasteiger partial charge in [0.15, 0.2) is 11.5 Å². The lowest BCUT2D eigenvalue weighted by Crippen LogP contribution is -2.45. The van der Waals surface area contributed by atoms with Gasteiger partial charge in [0.25, 0.3) is 0 Å². The summed E-state index contributed by atoms with van der Waals surface area (Å²) in [5, 5.41) is 0. The maximum absolute atomic E-state index is 13.4. The Balaban J connectivity index is 0.000000326. The van der Waals surface area contributed by atoms with E-state index in [2.05, 4.69) is 41.6 Å². The third kappa shape index (κ3) is 12.1. The molecular weight excluding hydrogens is 646 g/mol. The number of hydrogen-bond acceptors (Lipinski definition) is 7. The molecule has 0 bridgehead atoms. The number of halogens is 1. The third-order valence-corrected chi connectivity index (χ3v) is 9.49. The summed E-state index contributed by atoms with van der Waals surface area (Å²) in [6.45, 7) is 13.9. The zero-order chi connectivity index (χ0) is 34.1. The second kappa shape index (κ2) is 21.6. The van der Waals surface area contributed by atoms with Gasteiger partial charge in [-0.2, -0.15) is 0 Å². The monoisotopic (exact) mass is 705 g/mol. The van der Waals surface area contributed by atoms with Gasteiger partial charge < -0.3 is 23.7 Å². The molecule has 8 heteroatoms. The van der Waals surface area contributed by atoms with Crippen molar-refractivity contribution in [2.75, 3.05) is 48.1 Å². The van der Waals surface area contributed by atoms with E-state index in [0.29, 0.717) is 46.3 Å². The second-order valence-electron chi connectivity index (χ2n) is 12.5. The first-order valence-corrected chi connectivity index (χ1v) is 18.0. The predicted molar refractivity (Wildman–Crippen MR) is 193 cm³/mol.